The molecule has 1 aliphatic rings. The van der Waals surface area contributed by atoms with E-state index in [-0.39, 0.29) is 12.0 Å². The maximum absolute atomic E-state index is 11.9. The van der Waals surface area contributed by atoms with Gasteiger partial charge in [-0.1, -0.05) is 35.3 Å². The molecule has 4 nitrogen and oxygen atoms in total. The van der Waals surface area contributed by atoms with Gasteiger partial charge in [0.15, 0.2) is 0 Å². The first-order valence-electron chi connectivity index (χ1n) is 8.42. The van der Waals surface area contributed by atoms with Gasteiger partial charge in [0.2, 0.25) is 10.0 Å². The topological polar surface area (TPSA) is 49.4 Å². The Labute approximate surface area is 165 Å². The molecular weight excluding hydrogens is 391 g/mol. The van der Waals surface area contributed by atoms with Crippen LogP contribution in [0.25, 0.3) is 0 Å². The normalized spacial score (nSPS) is 19.9. The lowest BCUT2D eigenvalue weighted by atomic mass is 9.76. The number of benzene rings is 2. The summed E-state index contributed by atoms with van der Waals surface area (Å²) in [5.74, 6) is 0.210. The summed E-state index contributed by atoms with van der Waals surface area (Å²) in [6, 6.07) is 11.8. The molecule has 0 saturated heterocycles. The Bertz CT molecular complexity index is 931. The number of anilines is 1. The SMILES string of the molecule is CN[C@H]1CC[C@@H](c2ccc(Cl)c(Cl)c2)c2ccc(N(C)S(C)(=O)=O)cc21. The van der Waals surface area contributed by atoms with Crippen LogP contribution in [-0.2, 0) is 10.0 Å². The average Bonchev–Trinajstić information content (AvgIpc) is 2.61. The van der Waals surface area contributed by atoms with Crippen molar-refractivity contribution in [2.45, 2.75) is 24.8 Å². The van der Waals surface area contributed by atoms with Crippen LogP contribution in [0.15, 0.2) is 36.4 Å². The Kier molecular flexibility index (Phi) is 5.54. The van der Waals surface area contributed by atoms with Gasteiger partial charge in [0.1, 0.15) is 0 Å². The molecule has 0 amide bonds. The van der Waals surface area contributed by atoms with Crippen LogP contribution in [0.1, 0.15) is 41.5 Å². The van der Waals surface area contributed by atoms with E-state index < -0.39 is 10.0 Å². The molecule has 0 aromatic heterocycles. The Morgan fingerprint density at radius 3 is 2.38 bits per heavy atom. The van der Waals surface area contributed by atoms with E-state index in [1.54, 1.807) is 7.05 Å². The van der Waals surface area contributed by atoms with Crippen LogP contribution in [0, 0.1) is 0 Å². The van der Waals surface area contributed by atoms with Crippen molar-refractivity contribution in [3.63, 3.8) is 0 Å². The van der Waals surface area contributed by atoms with E-state index in [9.17, 15) is 8.42 Å². The minimum Gasteiger partial charge on any atom is -0.313 e. The molecular formula is C19H22Cl2N2O2S. The summed E-state index contributed by atoms with van der Waals surface area (Å²) in [6.07, 6.45) is 3.15. The molecule has 1 aliphatic carbocycles. The highest BCUT2D eigenvalue weighted by Crippen LogP contribution is 2.43. The zero-order valence-corrected chi connectivity index (χ0v) is 17.3. The second-order valence-electron chi connectivity index (χ2n) is 6.69. The maximum Gasteiger partial charge on any atom is 0.231 e. The molecule has 0 spiro atoms. The quantitative estimate of drug-likeness (QED) is 0.799. The molecule has 0 bridgehead atoms. The monoisotopic (exact) mass is 412 g/mol. The van der Waals surface area contributed by atoms with Gasteiger partial charge < -0.3 is 5.32 Å². The molecule has 0 fully saturated rings. The van der Waals surface area contributed by atoms with Gasteiger partial charge in [-0.3, -0.25) is 4.31 Å². The summed E-state index contributed by atoms with van der Waals surface area (Å²) in [5, 5.41) is 4.44. The smallest absolute Gasteiger partial charge is 0.231 e. The van der Waals surface area contributed by atoms with E-state index in [4.69, 9.17) is 23.2 Å². The van der Waals surface area contributed by atoms with Crippen LogP contribution < -0.4 is 9.62 Å². The predicted molar refractivity (Wildman–Crippen MR) is 109 cm³/mol. The number of fused-ring (bicyclic) bond motifs is 1. The maximum atomic E-state index is 11.9. The van der Waals surface area contributed by atoms with Gasteiger partial charge in [-0.2, -0.15) is 0 Å². The fraction of sp³-hybridized carbons (Fsp3) is 0.368. The third kappa shape index (κ3) is 3.72. The molecule has 140 valence electrons. The summed E-state index contributed by atoms with van der Waals surface area (Å²) in [5.41, 5.74) is 4.11. The van der Waals surface area contributed by atoms with E-state index in [0.29, 0.717) is 15.7 Å². The predicted octanol–water partition coefficient (Wildman–Crippen LogP) is 4.58. The van der Waals surface area contributed by atoms with Crippen LogP contribution >= 0.6 is 23.2 Å². The second-order valence-corrected chi connectivity index (χ2v) is 9.52. The number of rotatable bonds is 4. The minimum absolute atomic E-state index is 0.192. The minimum atomic E-state index is -3.30. The van der Waals surface area contributed by atoms with Crippen LogP contribution in [0.2, 0.25) is 10.0 Å². The summed E-state index contributed by atoms with van der Waals surface area (Å²) < 4.78 is 25.1. The van der Waals surface area contributed by atoms with Gasteiger partial charge in [0.25, 0.3) is 0 Å². The van der Waals surface area contributed by atoms with Crippen molar-refractivity contribution in [1.82, 2.24) is 5.32 Å². The second kappa shape index (κ2) is 7.39. The van der Waals surface area contributed by atoms with E-state index in [0.717, 1.165) is 24.0 Å². The first-order valence-corrected chi connectivity index (χ1v) is 11.0. The summed E-state index contributed by atoms with van der Waals surface area (Å²) in [7, 11) is 0.204. The van der Waals surface area contributed by atoms with Gasteiger partial charge in [0, 0.05) is 19.0 Å². The van der Waals surface area contributed by atoms with Crippen molar-refractivity contribution in [2.75, 3.05) is 24.7 Å². The Hall–Kier alpha value is -1.27. The first-order chi connectivity index (χ1) is 12.2. The standard InChI is InChI=1S/C19H22Cl2N2O2S/c1-22-19-9-7-14(12-4-8-17(20)18(21)10-12)15-6-5-13(11-16(15)19)23(2)26(3,24)25/h4-6,8,10-11,14,19,22H,7,9H2,1-3H3/t14-,19-/m0/s1. The molecule has 1 N–H and O–H groups in total. The van der Waals surface area contributed by atoms with Crippen LogP contribution in [-0.4, -0.2) is 28.8 Å². The highest BCUT2D eigenvalue weighted by atomic mass is 35.5. The number of halogens is 2. The fourth-order valence-corrected chi connectivity index (χ4v) is 4.39. The van der Waals surface area contributed by atoms with Gasteiger partial charge in [-0.25, -0.2) is 8.42 Å². The van der Waals surface area contributed by atoms with Crippen molar-refractivity contribution >= 4 is 38.9 Å². The number of nitrogens with zero attached hydrogens (tertiary/aromatic N) is 1. The van der Waals surface area contributed by atoms with Crippen LogP contribution in [0.3, 0.4) is 0 Å². The third-order valence-electron chi connectivity index (χ3n) is 5.12. The van der Waals surface area contributed by atoms with Crippen molar-refractivity contribution < 1.29 is 8.42 Å². The molecule has 0 radical (unpaired) electrons. The van der Waals surface area contributed by atoms with Crippen molar-refractivity contribution in [3.05, 3.63) is 63.1 Å². The molecule has 26 heavy (non-hydrogen) atoms. The van der Waals surface area contributed by atoms with Gasteiger partial charge >= 0.3 is 0 Å². The molecule has 0 unspecified atom stereocenters. The van der Waals surface area contributed by atoms with Crippen molar-refractivity contribution in [2.24, 2.45) is 0 Å². The van der Waals surface area contributed by atoms with E-state index in [1.807, 2.05) is 43.4 Å². The van der Waals surface area contributed by atoms with Gasteiger partial charge in [-0.15, -0.1) is 0 Å². The van der Waals surface area contributed by atoms with Crippen molar-refractivity contribution in [3.8, 4) is 0 Å². The number of sulfonamides is 1. The first kappa shape index (κ1) is 19.5. The fourth-order valence-electron chi connectivity index (χ4n) is 3.59. The lowest BCUT2D eigenvalue weighted by Gasteiger charge is -2.33. The largest absolute Gasteiger partial charge is 0.313 e. The summed E-state index contributed by atoms with van der Waals surface area (Å²) in [6.45, 7) is 0. The van der Waals surface area contributed by atoms with Gasteiger partial charge in [-0.05, 0) is 60.8 Å². The van der Waals surface area contributed by atoms with Crippen molar-refractivity contribution in [1.29, 1.82) is 0 Å². The molecule has 0 aliphatic heterocycles. The van der Waals surface area contributed by atoms with E-state index in [1.165, 1.54) is 16.1 Å². The summed E-state index contributed by atoms with van der Waals surface area (Å²) >= 11 is 12.3. The Balaban J connectivity index is 2.08. The molecule has 2 aromatic carbocycles. The van der Waals surface area contributed by atoms with Gasteiger partial charge in [0.05, 0.1) is 22.0 Å². The lowest BCUT2D eigenvalue weighted by Crippen LogP contribution is -2.27. The highest BCUT2D eigenvalue weighted by molar-refractivity contribution is 7.92. The van der Waals surface area contributed by atoms with E-state index >= 15 is 0 Å². The number of hydrogen-bond acceptors (Lipinski definition) is 3. The Morgan fingerprint density at radius 1 is 1.04 bits per heavy atom. The van der Waals surface area contributed by atoms with Crippen LogP contribution in [0.5, 0.6) is 0 Å². The summed E-state index contributed by atoms with van der Waals surface area (Å²) in [4.78, 5) is 0. The molecule has 0 heterocycles. The lowest BCUT2D eigenvalue weighted by molar-refractivity contribution is 0.471. The molecule has 0 saturated carbocycles. The van der Waals surface area contributed by atoms with E-state index in [2.05, 4.69) is 5.32 Å². The molecule has 2 aromatic rings. The zero-order chi connectivity index (χ0) is 19.1. The number of hydrogen-bond donors (Lipinski definition) is 1. The van der Waals surface area contributed by atoms with Crippen LogP contribution in [0.4, 0.5) is 5.69 Å². The molecule has 3 rings (SSSR count). The average molecular weight is 413 g/mol. The Morgan fingerprint density at radius 2 is 1.77 bits per heavy atom. The molecule has 2 atom stereocenters. The number of nitrogens with one attached hydrogen (secondary N) is 1. The zero-order valence-electron chi connectivity index (χ0n) is 15.0. The third-order valence-corrected chi connectivity index (χ3v) is 7.07. The molecule has 7 heteroatoms. The highest BCUT2D eigenvalue weighted by Gasteiger charge is 2.29.